The first kappa shape index (κ1) is 13.9. The van der Waals surface area contributed by atoms with Crippen molar-refractivity contribution < 1.29 is 0 Å². The Kier molecular flexibility index (Phi) is 3.76. The number of halogens is 1. The molecule has 0 N–H and O–H groups in total. The zero-order chi connectivity index (χ0) is 14.3. The van der Waals surface area contributed by atoms with Crippen molar-refractivity contribution in [3.63, 3.8) is 0 Å². The zero-order valence-corrected chi connectivity index (χ0v) is 13.3. The molecular formula is C15H23ClN4. The molecule has 2 unspecified atom stereocenters. The summed E-state index contributed by atoms with van der Waals surface area (Å²) in [6, 6.07) is 0. The highest BCUT2D eigenvalue weighted by molar-refractivity contribution is 6.17. The second-order valence-electron chi connectivity index (χ2n) is 6.04. The van der Waals surface area contributed by atoms with Crippen molar-refractivity contribution in [2.75, 3.05) is 5.88 Å². The summed E-state index contributed by atoms with van der Waals surface area (Å²) in [7, 11) is 2.03. The van der Waals surface area contributed by atoms with E-state index in [4.69, 9.17) is 16.6 Å². The third kappa shape index (κ3) is 2.34. The van der Waals surface area contributed by atoms with Gasteiger partial charge in [0.15, 0.2) is 5.65 Å². The molecule has 0 amide bonds. The van der Waals surface area contributed by atoms with Crippen LogP contribution in [0.15, 0.2) is 0 Å². The van der Waals surface area contributed by atoms with E-state index in [1.165, 1.54) is 12.1 Å². The molecule has 0 bridgehead atoms. The van der Waals surface area contributed by atoms with E-state index in [2.05, 4.69) is 23.5 Å². The highest BCUT2D eigenvalue weighted by atomic mass is 35.5. The first-order valence-corrected chi connectivity index (χ1v) is 8.16. The molecule has 3 rings (SSSR count). The Morgan fingerprint density at radius 2 is 2.10 bits per heavy atom. The van der Waals surface area contributed by atoms with Gasteiger partial charge in [0.05, 0.1) is 5.69 Å². The summed E-state index contributed by atoms with van der Waals surface area (Å²) in [6.45, 7) is 5.57. The van der Waals surface area contributed by atoms with Crippen LogP contribution in [0.2, 0.25) is 0 Å². The van der Waals surface area contributed by atoms with Crippen LogP contribution in [0.3, 0.4) is 0 Å². The minimum Gasteiger partial charge on any atom is -0.313 e. The Morgan fingerprint density at radius 1 is 1.35 bits per heavy atom. The van der Waals surface area contributed by atoms with E-state index in [1.54, 1.807) is 0 Å². The van der Waals surface area contributed by atoms with Gasteiger partial charge < -0.3 is 4.57 Å². The maximum Gasteiger partial charge on any atom is 0.158 e. The van der Waals surface area contributed by atoms with Gasteiger partial charge in [0, 0.05) is 25.9 Å². The van der Waals surface area contributed by atoms with Crippen LogP contribution in [0.5, 0.6) is 0 Å². The van der Waals surface area contributed by atoms with E-state index in [1.807, 2.05) is 11.7 Å². The molecule has 0 spiro atoms. The van der Waals surface area contributed by atoms with E-state index in [-0.39, 0.29) is 0 Å². The summed E-state index contributed by atoms with van der Waals surface area (Å²) < 4.78 is 4.36. The van der Waals surface area contributed by atoms with Gasteiger partial charge in [-0.05, 0) is 24.7 Å². The summed E-state index contributed by atoms with van der Waals surface area (Å²) >= 11 is 5.95. The first-order valence-electron chi connectivity index (χ1n) is 7.62. The lowest BCUT2D eigenvalue weighted by Gasteiger charge is -2.08. The fourth-order valence-corrected chi connectivity index (χ4v) is 3.22. The molecule has 2 aromatic rings. The van der Waals surface area contributed by atoms with E-state index in [9.17, 15) is 0 Å². The third-order valence-electron chi connectivity index (χ3n) is 4.37. The predicted molar refractivity (Wildman–Crippen MR) is 82.2 cm³/mol. The standard InChI is InChI=1S/C15H23ClN4/c1-4-5-12-14-15(19(3)18-12)20(9-11-8-10(11)2)13(17-14)6-7-16/h10-11H,4-9H2,1-3H3. The predicted octanol–water partition coefficient (Wildman–Crippen LogP) is 3.16. The number of imidazole rings is 1. The number of aryl methyl sites for hydroxylation is 3. The fraction of sp³-hybridized carbons (Fsp3) is 0.733. The lowest BCUT2D eigenvalue weighted by Crippen LogP contribution is -2.10. The van der Waals surface area contributed by atoms with Gasteiger partial charge in [-0.25, -0.2) is 4.98 Å². The summed E-state index contributed by atoms with van der Waals surface area (Å²) in [5.41, 5.74) is 3.39. The van der Waals surface area contributed by atoms with Crippen LogP contribution in [0.25, 0.3) is 11.2 Å². The van der Waals surface area contributed by atoms with Crippen LogP contribution >= 0.6 is 11.6 Å². The van der Waals surface area contributed by atoms with Gasteiger partial charge in [0.2, 0.25) is 0 Å². The summed E-state index contributed by atoms with van der Waals surface area (Å²) in [6.07, 6.45) is 4.26. The van der Waals surface area contributed by atoms with Gasteiger partial charge in [-0.2, -0.15) is 5.10 Å². The van der Waals surface area contributed by atoms with Crippen molar-refractivity contribution in [1.82, 2.24) is 19.3 Å². The van der Waals surface area contributed by atoms with E-state index < -0.39 is 0 Å². The lowest BCUT2D eigenvalue weighted by atomic mass is 10.2. The molecule has 4 nitrogen and oxygen atoms in total. The Hall–Kier alpha value is -1.03. The normalized spacial score (nSPS) is 21.8. The summed E-state index contributed by atoms with van der Waals surface area (Å²) in [5.74, 6) is 3.39. The van der Waals surface area contributed by atoms with Crippen LogP contribution in [0.1, 0.15) is 38.2 Å². The molecule has 0 saturated heterocycles. The highest BCUT2D eigenvalue weighted by Crippen LogP contribution is 2.40. The lowest BCUT2D eigenvalue weighted by molar-refractivity contribution is 0.569. The molecule has 1 aliphatic carbocycles. The zero-order valence-electron chi connectivity index (χ0n) is 12.6. The molecule has 1 fully saturated rings. The topological polar surface area (TPSA) is 35.6 Å². The fourth-order valence-electron chi connectivity index (χ4n) is 3.05. The molecule has 2 heterocycles. The molecule has 20 heavy (non-hydrogen) atoms. The maximum atomic E-state index is 5.95. The van der Waals surface area contributed by atoms with E-state index in [0.29, 0.717) is 5.88 Å². The molecule has 2 atom stereocenters. The average Bonchev–Trinajstić information content (AvgIpc) is 2.85. The number of hydrogen-bond acceptors (Lipinski definition) is 2. The third-order valence-corrected chi connectivity index (χ3v) is 4.56. The molecule has 0 radical (unpaired) electrons. The van der Waals surface area contributed by atoms with Gasteiger partial charge in [-0.15, -0.1) is 11.6 Å². The Bertz CT molecular complexity index is 613. The van der Waals surface area contributed by atoms with Crippen LogP contribution in [-0.4, -0.2) is 25.2 Å². The molecule has 1 saturated carbocycles. The van der Waals surface area contributed by atoms with Crippen molar-refractivity contribution in [2.24, 2.45) is 18.9 Å². The summed E-state index contributed by atoms with van der Waals surface area (Å²) in [4.78, 5) is 4.84. The number of fused-ring (bicyclic) bond motifs is 1. The molecule has 0 aromatic carbocycles. The molecule has 0 aliphatic heterocycles. The van der Waals surface area contributed by atoms with Crippen LogP contribution in [0.4, 0.5) is 0 Å². The van der Waals surface area contributed by atoms with Crippen LogP contribution < -0.4 is 0 Å². The highest BCUT2D eigenvalue weighted by Gasteiger charge is 2.34. The monoisotopic (exact) mass is 294 g/mol. The number of rotatable bonds is 6. The smallest absolute Gasteiger partial charge is 0.158 e. The first-order chi connectivity index (χ1) is 9.65. The quantitative estimate of drug-likeness (QED) is 0.767. The molecule has 2 aromatic heterocycles. The molecule has 1 aliphatic rings. The Morgan fingerprint density at radius 3 is 2.70 bits per heavy atom. The second kappa shape index (κ2) is 5.40. The van der Waals surface area contributed by atoms with Crippen molar-refractivity contribution in [1.29, 1.82) is 0 Å². The van der Waals surface area contributed by atoms with E-state index in [0.717, 1.165) is 54.7 Å². The number of alkyl halides is 1. The van der Waals surface area contributed by atoms with Crippen LogP contribution in [-0.2, 0) is 26.4 Å². The Balaban J connectivity index is 2.05. The van der Waals surface area contributed by atoms with E-state index >= 15 is 0 Å². The van der Waals surface area contributed by atoms with Crippen LogP contribution in [0, 0.1) is 11.8 Å². The maximum absolute atomic E-state index is 5.95. The average molecular weight is 295 g/mol. The number of aromatic nitrogens is 4. The van der Waals surface area contributed by atoms with Gasteiger partial charge in [-0.3, -0.25) is 4.68 Å². The van der Waals surface area contributed by atoms with Crippen molar-refractivity contribution in [3.8, 4) is 0 Å². The van der Waals surface area contributed by atoms with Gasteiger partial charge in [0.25, 0.3) is 0 Å². The molecule has 5 heteroatoms. The van der Waals surface area contributed by atoms with Gasteiger partial charge in [-0.1, -0.05) is 20.3 Å². The van der Waals surface area contributed by atoms with Gasteiger partial charge >= 0.3 is 0 Å². The van der Waals surface area contributed by atoms with Crippen molar-refractivity contribution in [3.05, 3.63) is 11.5 Å². The largest absolute Gasteiger partial charge is 0.313 e. The number of nitrogens with zero attached hydrogens (tertiary/aromatic N) is 4. The molecular weight excluding hydrogens is 272 g/mol. The minimum atomic E-state index is 0.625. The molecule has 110 valence electrons. The SMILES string of the molecule is CCCc1nn(C)c2c1nc(CCCl)n2CC1CC1C. The van der Waals surface area contributed by atoms with Crippen molar-refractivity contribution in [2.45, 2.75) is 46.1 Å². The van der Waals surface area contributed by atoms with Gasteiger partial charge in [0.1, 0.15) is 11.3 Å². The van der Waals surface area contributed by atoms with Crippen molar-refractivity contribution >= 4 is 22.8 Å². The Labute approximate surface area is 125 Å². The number of hydrogen-bond donors (Lipinski definition) is 0. The summed E-state index contributed by atoms with van der Waals surface area (Å²) in [5, 5.41) is 4.65. The minimum absolute atomic E-state index is 0.625. The second-order valence-corrected chi connectivity index (χ2v) is 6.42.